The Morgan fingerprint density at radius 3 is 3.00 bits per heavy atom. The predicted molar refractivity (Wildman–Crippen MR) is 106 cm³/mol. The first kappa shape index (κ1) is 21.2. The minimum Gasteiger partial charge on any atom is -0.469 e. The van der Waals surface area contributed by atoms with Crippen LogP contribution in [0.5, 0.6) is 0 Å². The number of ether oxygens (including phenoxy) is 2. The minimum atomic E-state index is 0. The molecule has 2 atom stereocenters. The fourth-order valence-electron chi connectivity index (χ4n) is 2.58. The van der Waals surface area contributed by atoms with Gasteiger partial charge in [0.25, 0.3) is 0 Å². The molecule has 0 spiro atoms. The van der Waals surface area contributed by atoms with Crippen LogP contribution in [0, 0.1) is 0 Å². The highest BCUT2D eigenvalue weighted by atomic mass is 127. The summed E-state index contributed by atoms with van der Waals surface area (Å²) in [6, 6.07) is 4.08. The van der Waals surface area contributed by atoms with Crippen LogP contribution in [0.25, 0.3) is 0 Å². The van der Waals surface area contributed by atoms with Gasteiger partial charge in [-0.1, -0.05) is 0 Å². The second-order valence-electron chi connectivity index (χ2n) is 5.93. The van der Waals surface area contributed by atoms with Crippen LogP contribution in [0.15, 0.2) is 27.8 Å². The number of furan rings is 1. The maximum atomic E-state index is 5.74. The van der Waals surface area contributed by atoms with E-state index in [-0.39, 0.29) is 36.1 Å². The molecule has 1 aliphatic rings. The Morgan fingerprint density at radius 2 is 2.33 bits per heavy atom. The number of hydrogen-bond donors (Lipinski definition) is 2. The summed E-state index contributed by atoms with van der Waals surface area (Å²) in [4.78, 5) is 4.67. The predicted octanol–water partition coefficient (Wildman–Crippen LogP) is 2.58. The molecule has 0 radical (unpaired) electrons. The first-order valence-electron chi connectivity index (χ1n) is 8.45. The van der Waals surface area contributed by atoms with Gasteiger partial charge < -0.3 is 24.5 Å². The topological polar surface area (TPSA) is 68.0 Å². The number of hydrogen-bond acceptors (Lipinski definition) is 4. The van der Waals surface area contributed by atoms with Crippen molar-refractivity contribution in [1.82, 2.24) is 10.6 Å². The highest BCUT2D eigenvalue weighted by Gasteiger charge is 2.14. The summed E-state index contributed by atoms with van der Waals surface area (Å²) < 4.78 is 16.3. The molecule has 1 aliphatic heterocycles. The number of aliphatic imine (C=N–C) groups is 1. The molecule has 2 heterocycles. The zero-order valence-electron chi connectivity index (χ0n) is 14.6. The third-order valence-corrected chi connectivity index (χ3v) is 3.77. The van der Waals surface area contributed by atoms with Gasteiger partial charge in [-0.15, -0.1) is 24.0 Å². The van der Waals surface area contributed by atoms with Gasteiger partial charge in [0.05, 0.1) is 25.5 Å². The van der Waals surface area contributed by atoms with Crippen molar-refractivity contribution >= 4 is 29.9 Å². The highest BCUT2D eigenvalue weighted by Crippen LogP contribution is 2.12. The summed E-state index contributed by atoms with van der Waals surface area (Å²) in [6.45, 7) is 5.03. The van der Waals surface area contributed by atoms with Crippen LogP contribution in [-0.2, 0) is 15.9 Å². The number of rotatable bonds is 8. The van der Waals surface area contributed by atoms with Crippen LogP contribution in [-0.4, -0.2) is 51.5 Å². The molecule has 1 fully saturated rings. The summed E-state index contributed by atoms with van der Waals surface area (Å²) >= 11 is 0. The van der Waals surface area contributed by atoms with E-state index in [9.17, 15) is 0 Å². The average Bonchev–Trinajstić information content (AvgIpc) is 3.07. The van der Waals surface area contributed by atoms with E-state index in [0.29, 0.717) is 13.2 Å². The fourth-order valence-corrected chi connectivity index (χ4v) is 2.58. The molecule has 0 saturated carbocycles. The standard InChI is InChI=1S/C17H29N3O3.HI/c1-14(13-21-2)20-17(18-9-8-15-7-5-11-22-15)19-12-16-6-3-4-10-23-16;/h5,7,11,14,16H,3-4,6,8-10,12-13H2,1-2H3,(H2,18,19,20);1H. The Balaban J connectivity index is 0.00000288. The van der Waals surface area contributed by atoms with Crippen molar-refractivity contribution in [2.24, 2.45) is 4.99 Å². The molecular weight excluding hydrogens is 421 g/mol. The Bertz CT molecular complexity index is 448. The molecule has 6 nitrogen and oxygen atoms in total. The molecule has 0 bridgehead atoms. The van der Waals surface area contributed by atoms with Gasteiger partial charge in [-0.25, -0.2) is 0 Å². The maximum Gasteiger partial charge on any atom is 0.191 e. The van der Waals surface area contributed by atoms with Gasteiger partial charge in [0.1, 0.15) is 5.76 Å². The van der Waals surface area contributed by atoms with E-state index >= 15 is 0 Å². The summed E-state index contributed by atoms with van der Waals surface area (Å²) in [7, 11) is 1.70. The molecule has 2 N–H and O–H groups in total. The van der Waals surface area contributed by atoms with E-state index in [1.54, 1.807) is 13.4 Å². The van der Waals surface area contributed by atoms with Crippen molar-refractivity contribution in [2.45, 2.75) is 44.8 Å². The maximum absolute atomic E-state index is 5.74. The first-order valence-corrected chi connectivity index (χ1v) is 8.45. The lowest BCUT2D eigenvalue weighted by molar-refractivity contribution is 0.0224. The fraction of sp³-hybridized carbons (Fsp3) is 0.706. The molecule has 0 aliphatic carbocycles. The Morgan fingerprint density at radius 1 is 1.46 bits per heavy atom. The van der Waals surface area contributed by atoms with Gasteiger partial charge in [0.2, 0.25) is 0 Å². The lowest BCUT2D eigenvalue weighted by atomic mass is 10.1. The van der Waals surface area contributed by atoms with Crippen LogP contribution < -0.4 is 10.6 Å². The van der Waals surface area contributed by atoms with Crippen molar-refractivity contribution in [3.8, 4) is 0 Å². The third-order valence-electron chi connectivity index (χ3n) is 3.77. The van der Waals surface area contributed by atoms with Crippen LogP contribution in [0.2, 0.25) is 0 Å². The molecule has 2 unspecified atom stereocenters. The van der Waals surface area contributed by atoms with E-state index in [1.807, 2.05) is 12.1 Å². The van der Waals surface area contributed by atoms with E-state index in [4.69, 9.17) is 13.9 Å². The van der Waals surface area contributed by atoms with Crippen LogP contribution in [0.3, 0.4) is 0 Å². The number of methoxy groups -OCH3 is 1. The quantitative estimate of drug-likeness (QED) is 0.361. The smallest absolute Gasteiger partial charge is 0.191 e. The van der Waals surface area contributed by atoms with Crippen molar-refractivity contribution in [3.05, 3.63) is 24.2 Å². The van der Waals surface area contributed by atoms with Crippen LogP contribution >= 0.6 is 24.0 Å². The SMILES string of the molecule is COCC(C)NC(=NCC1CCCCO1)NCCc1ccco1.I. The van der Waals surface area contributed by atoms with E-state index in [1.165, 1.54) is 6.42 Å². The highest BCUT2D eigenvalue weighted by molar-refractivity contribution is 14.0. The third kappa shape index (κ3) is 8.34. The monoisotopic (exact) mass is 451 g/mol. The first-order chi connectivity index (χ1) is 11.3. The van der Waals surface area contributed by atoms with E-state index in [2.05, 4.69) is 22.5 Å². The minimum absolute atomic E-state index is 0. The zero-order chi connectivity index (χ0) is 16.3. The molecule has 1 aromatic heterocycles. The second-order valence-corrected chi connectivity index (χ2v) is 5.93. The average molecular weight is 451 g/mol. The van der Waals surface area contributed by atoms with Gasteiger partial charge in [0.15, 0.2) is 5.96 Å². The number of guanidine groups is 1. The van der Waals surface area contributed by atoms with E-state index in [0.717, 1.165) is 44.1 Å². The van der Waals surface area contributed by atoms with Gasteiger partial charge in [-0.3, -0.25) is 4.99 Å². The number of nitrogens with one attached hydrogen (secondary N) is 2. The van der Waals surface area contributed by atoms with Crippen molar-refractivity contribution < 1.29 is 13.9 Å². The summed E-state index contributed by atoms with van der Waals surface area (Å²) in [5, 5.41) is 6.72. The van der Waals surface area contributed by atoms with Crippen LogP contribution in [0.1, 0.15) is 31.9 Å². The van der Waals surface area contributed by atoms with E-state index < -0.39 is 0 Å². The Kier molecular flexibility index (Phi) is 11.1. The summed E-state index contributed by atoms with van der Waals surface area (Å²) in [6.07, 6.45) is 6.25. The molecule has 0 aromatic carbocycles. The lowest BCUT2D eigenvalue weighted by Crippen LogP contribution is -2.45. The molecule has 1 saturated heterocycles. The number of nitrogens with zero attached hydrogens (tertiary/aromatic N) is 1. The molecule has 1 aromatic rings. The molecular formula is C17H30IN3O3. The summed E-state index contributed by atoms with van der Waals surface area (Å²) in [5.74, 6) is 1.77. The molecule has 0 amide bonds. The van der Waals surface area contributed by atoms with Gasteiger partial charge in [-0.2, -0.15) is 0 Å². The lowest BCUT2D eigenvalue weighted by Gasteiger charge is -2.22. The zero-order valence-corrected chi connectivity index (χ0v) is 17.0. The Hall–Kier alpha value is -0.800. The molecule has 2 rings (SSSR count). The molecule has 24 heavy (non-hydrogen) atoms. The van der Waals surface area contributed by atoms with Gasteiger partial charge in [-0.05, 0) is 38.3 Å². The van der Waals surface area contributed by atoms with Crippen molar-refractivity contribution in [3.63, 3.8) is 0 Å². The van der Waals surface area contributed by atoms with Crippen molar-refractivity contribution in [1.29, 1.82) is 0 Å². The Labute approximate surface area is 161 Å². The normalized spacial score (nSPS) is 19.4. The number of halogens is 1. The molecule has 7 heteroatoms. The second kappa shape index (κ2) is 12.5. The van der Waals surface area contributed by atoms with Gasteiger partial charge >= 0.3 is 0 Å². The van der Waals surface area contributed by atoms with Crippen LogP contribution in [0.4, 0.5) is 0 Å². The summed E-state index contributed by atoms with van der Waals surface area (Å²) in [5.41, 5.74) is 0. The largest absolute Gasteiger partial charge is 0.469 e. The molecule has 138 valence electrons. The van der Waals surface area contributed by atoms with Gasteiger partial charge in [0, 0.05) is 32.7 Å². The van der Waals surface area contributed by atoms with Crippen molar-refractivity contribution in [2.75, 3.05) is 33.4 Å².